The summed E-state index contributed by atoms with van der Waals surface area (Å²) >= 11 is 0. The zero-order chi connectivity index (χ0) is 14.2. The van der Waals surface area contributed by atoms with Crippen molar-refractivity contribution in [1.82, 2.24) is 10.2 Å². The van der Waals surface area contributed by atoms with E-state index in [4.69, 9.17) is 0 Å². The number of hydrogen-bond acceptors (Lipinski definition) is 2. The molecule has 0 amide bonds. The molecule has 0 unspecified atom stereocenters. The molecule has 0 aromatic heterocycles. The van der Waals surface area contributed by atoms with E-state index < -0.39 is 0 Å². The minimum atomic E-state index is 0.813. The van der Waals surface area contributed by atoms with Gasteiger partial charge in [0.25, 0.3) is 0 Å². The fourth-order valence-corrected chi connectivity index (χ4v) is 3.11. The molecule has 0 atom stereocenters. The number of nitrogens with zero attached hydrogens (tertiary/aromatic N) is 1. The van der Waals surface area contributed by atoms with Gasteiger partial charge < -0.3 is 5.32 Å². The Hall–Kier alpha value is -0.860. The maximum absolute atomic E-state index is 3.46. The molecule has 1 aromatic rings. The zero-order valence-electron chi connectivity index (χ0n) is 13.2. The molecule has 1 aliphatic carbocycles. The SMILES string of the molecule is CCCNCCc1ccc(CN(C)C2CCCC2)cc1. The molecule has 2 heteroatoms. The Bertz CT molecular complexity index is 366. The van der Waals surface area contributed by atoms with Crippen LogP contribution in [0.5, 0.6) is 0 Å². The van der Waals surface area contributed by atoms with E-state index in [1.807, 2.05) is 0 Å². The lowest BCUT2D eigenvalue weighted by molar-refractivity contribution is 0.237. The van der Waals surface area contributed by atoms with Crippen LogP contribution in [-0.4, -0.2) is 31.1 Å². The molecular formula is C18H30N2. The van der Waals surface area contributed by atoms with Crippen molar-refractivity contribution >= 4 is 0 Å². The first-order chi connectivity index (χ1) is 9.79. The number of nitrogens with one attached hydrogen (secondary N) is 1. The van der Waals surface area contributed by atoms with Gasteiger partial charge in [-0.3, -0.25) is 4.90 Å². The highest BCUT2D eigenvalue weighted by molar-refractivity contribution is 5.22. The summed E-state index contributed by atoms with van der Waals surface area (Å²) in [7, 11) is 2.28. The Labute approximate surface area is 124 Å². The minimum Gasteiger partial charge on any atom is -0.316 e. The Kier molecular flexibility index (Phi) is 6.55. The molecule has 112 valence electrons. The molecule has 1 saturated carbocycles. The largest absolute Gasteiger partial charge is 0.316 e. The van der Waals surface area contributed by atoms with Crippen molar-refractivity contribution < 1.29 is 0 Å². The van der Waals surface area contributed by atoms with Crippen LogP contribution >= 0.6 is 0 Å². The monoisotopic (exact) mass is 274 g/mol. The maximum atomic E-state index is 3.46. The lowest BCUT2D eigenvalue weighted by Gasteiger charge is -2.24. The highest BCUT2D eigenvalue weighted by atomic mass is 15.1. The standard InChI is InChI=1S/C18H30N2/c1-3-13-19-14-12-16-8-10-17(11-9-16)15-20(2)18-6-4-5-7-18/h8-11,18-19H,3-7,12-15H2,1-2H3. The fraction of sp³-hybridized carbons (Fsp3) is 0.667. The summed E-state index contributed by atoms with van der Waals surface area (Å²) in [6, 6.07) is 10.0. The van der Waals surface area contributed by atoms with E-state index in [1.165, 1.54) is 43.2 Å². The highest BCUT2D eigenvalue weighted by Crippen LogP contribution is 2.23. The van der Waals surface area contributed by atoms with Crippen molar-refractivity contribution in [2.75, 3.05) is 20.1 Å². The van der Waals surface area contributed by atoms with Gasteiger partial charge in [0.1, 0.15) is 0 Å². The lowest BCUT2D eigenvalue weighted by Crippen LogP contribution is -2.28. The van der Waals surface area contributed by atoms with E-state index in [0.29, 0.717) is 0 Å². The van der Waals surface area contributed by atoms with E-state index in [1.54, 1.807) is 0 Å². The molecule has 1 aromatic carbocycles. The van der Waals surface area contributed by atoms with Gasteiger partial charge in [0, 0.05) is 12.6 Å². The van der Waals surface area contributed by atoms with Crippen molar-refractivity contribution in [1.29, 1.82) is 0 Å². The summed E-state index contributed by atoms with van der Waals surface area (Å²) < 4.78 is 0. The minimum absolute atomic E-state index is 0.813. The first-order valence-electron chi connectivity index (χ1n) is 8.28. The predicted molar refractivity (Wildman–Crippen MR) is 87.0 cm³/mol. The number of rotatable bonds is 8. The summed E-state index contributed by atoms with van der Waals surface area (Å²) in [6.45, 7) is 5.53. The summed E-state index contributed by atoms with van der Waals surface area (Å²) in [5.41, 5.74) is 2.89. The molecule has 0 radical (unpaired) electrons. The van der Waals surface area contributed by atoms with E-state index in [-0.39, 0.29) is 0 Å². The first-order valence-corrected chi connectivity index (χ1v) is 8.28. The smallest absolute Gasteiger partial charge is 0.0233 e. The molecule has 1 aliphatic rings. The van der Waals surface area contributed by atoms with Gasteiger partial charge >= 0.3 is 0 Å². The maximum Gasteiger partial charge on any atom is 0.0233 e. The molecule has 1 fully saturated rings. The Morgan fingerprint density at radius 1 is 1.05 bits per heavy atom. The lowest BCUT2D eigenvalue weighted by atomic mass is 10.1. The van der Waals surface area contributed by atoms with Crippen LogP contribution in [0, 0.1) is 0 Å². The third kappa shape index (κ3) is 4.92. The van der Waals surface area contributed by atoms with Crippen LogP contribution in [0.25, 0.3) is 0 Å². The van der Waals surface area contributed by atoms with E-state index in [9.17, 15) is 0 Å². The van der Waals surface area contributed by atoms with Crippen molar-refractivity contribution in [3.8, 4) is 0 Å². The Morgan fingerprint density at radius 3 is 2.35 bits per heavy atom. The highest BCUT2D eigenvalue weighted by Gasteiger charge is 2.19. The summed E-state index contributed by atoms with van der Waals surface area (Å²) in [6.07, 6.45) is 7.96. The van der Waals surface area contributed by atoms with Crippen molar-refractivity contribution in [3.63, 3.8) is 0 Å². The van der Waals surface area contributed by atoms with E-state index >= 15 is 0 Å². The van der Waals surface area contributed by atoms with Crippen LogP contribution in [0.15, 0.2) is 24.3 Å². The zero-order valence-corrected chi connectivity index (χ0v) is 13.2. The van der Waals surface area contributed by atoms with Gasteiger partial charge in [-0.1, -0.05) is 44.0 Å². The van der Waals surface area contributed by atoms with Crippen LogP contribution < -0.4 is 5.32 Å². The number of hydrogen-bond donors (Lipinski definition) is 1. The van der Waals surface area contributed by atoms with Gasteiger partial charge in [-0.15, -0.1) is 0 Å². The van der Waals surface area contributed by atoms with Crippen molar-refractivity contribution in [2.45, 2.75) is 58.0 Å². The van der Waals surface area contributed by atoms with Gasteiger partial charge in [0.05, 0.1) is 0 Å². The third-order valence-electron chi connectivity index (χ3n) is 4.42. The molecular weight excluding hydrogens is 244 g/mol. The molecule has 0 aliphatic heterocycles. The summed E-state index contributed by atoms with van der Waals surface area (Å²) in [5, 5.41) is 3.46. The Balaban J connectivity index is 1.75. The van der Waals surface area contributed by atoms with E-state index in [0.717, 1.165) is 32.1 Å². The topological polar surface area (TPSA) is 15.3 Å². The number of benzene rings is 1. The molecule has 20 heavy (non-hydrogen) atoms. The second-order valence-corrected chi connectivity index (χ2v) is 6.17. The molecule has 0 heterocycles. The van der Waals surface area contributed by atoms with Gasteiger partial charge in [-0.2, -0.15) is 0 Å². The second-order valence-electron chi connectivity index (χ2n) is 6.17. The van der Waals surface area contributed by atoms with Crippen molar-refractivity contribution in [3.05, 3.63) is 35.4 Å². The average Bonchev–Trinajstić information content (AvgIpc) is 3.00. The average molecular weight is 274 g/mol. The van der Waals surface area contributed by atoms with Gasteiger partial charge in [0.15, 0.2) is 0 Å². The van der Waals surface area contributed by atoms with E-state index in [2.05, 4.69) is 48.5 Å². The third-order valence-corrected chi connectivity index (χ3v) is 4.42. The van der Waals surface area contributed by atoms with Crippen LogP contribution in [-0.2, 0) is 13.0 Å². The molecule has 0 spiro atoms. The molecule has 1 N–H and O–H groups in total. The van der Waals surface area contributed by atoms with Crippen LogP contribution in [0.2, 0.25) is 0 Å². The molecule has 0 saturated heterocycles. The van der Waals surface area contributed by atoms with Crippen LogP contribution in [0.1, 0.15) is 50.2 Å². The van der Waals surface area contributed by atoms with Crippen molar-refractivity contribution in [2.24, 2.45) is 0 Å². The van der Waals surface area contributed by atoms with Gasteiger partial charge in [-0.25, -0.2) is 0 Å². The normalized spacial score (nSPS) is 16.1. The fourth-order valence-electron chi connectivity index (χ4n) is 3.11. The van der Waals surface area contributed by atoms with Crippen LogP contribution in [0.4, 0.5) is 0 Å². The Morgan fingerprint density at radius 2 is 1.70 bits per heavy atom. The predicted octanol–water partition coefficient (Wildman–Crippen LogP) is 3.60. The summed E-state index contributed by atoms with van der Waals surface area (Å²) in [4.78, 5) is 2.53. The molecule has 2 rings (SSSR count). The molecule has 2 nitrogen and oxygen atoms in total. The quantitative estimate of drug-likeness (QED) is 0.729. The van der Waals surface area contributed by atoms with Gasteiger partial charge in [-0.05, 0) is 56.9 Å². The molecule has 0 bridgehead atoms. The van der Waals surface area contributed by atoms with Crippen LogP contribution in [0.3, 0.4) is 0 Å². The first kappa shape index (κ1) is 15.5. The second kappa shape index (κ2) is 8.43. The van der Waals surface area contributed by atoms with Gasteiger partial charge in [0.2, 0.25) is 0 Å². The summed E-state index contributed by atoms with van der Waals surface area (Å²) in [5.74, 6) is 0.